The summed E-state index contributed by atoms with van der Waals surface area (Å²) in [6.45, 7) is 1.38. The number of rotatable bonds is 5. The van der Waals surface area contributed by atoms with Crippen molar-refractivity contribution in [3.63, 3.8) is 0 Å². The summed E-state index contributed by atoms with van der Waals surface area (Å²) < 4.78 is 1.95. The van der Waals surface area contributed by atoms with Gasteiger partial charge >= 0.3 is 0 Å². The molecule has 2 aromatic heterocycles. The highest BCUT2D eigenvalue weighted by molar-refractivity contribution is 6.33. The van der Waals surface area contributed by atoms with Gasteiger partial charge in [0.05, 0.1) is 16.9 Å². The molecule has 3 N–H and O–H groups in total. The van der Waals surface area contributed by atoms with Crippen LogP contribution in [0.25, 0.3) is 0 Å². The number of nitrogens with zero attached hydrogens (tertiary/aromatic N) is 3. The number of anilines is 1. The molecule has 7 heteroatoms. The molecule has 0 fully saturated rings. The largest absolute Gasteiger partial charge is 0.382 e. The lowest BCUT2D eigenvalue weighted by Gasteiger charge is -2.06. The normalized spacial score (nSPS) is 10.4. The van der Waals surface area contributed by atoms with E-state index >= 15 is 0 Å². The summed E-state index contributed by atoms with van der Waals surface area (Å²) in [4.78, 5) is 19.6. The fourth-order valence-corrected chi connectivity index (χ4v) is 1.72. The topological polar surface area (TPSA) is 85.8 Å². The molecule has 0 aliphatic carbocycles. The Bertz CT molecular complexity index is 555. The van der Waals surface area contributed by atoms with Gasteiger partial charge in [0.15, 0.2) is 0 Å². The molecule has 2 heterocycles. The van der Waals surface area contributed by atoms with Gasteiger partial charge in [-0.25, -0.2) is 9.97 Å². The summed E-state index contributed by atoms with van der Waals surface area (Å²) >= 11 is 5.81. The Hall–Kier alpha value is -2.08. The molecule has 0 spiro atoms. The van der Waals surface area contributed by atoms with E-state index in [-0.39, 0.29) is 16.7 Å². The lowest BCUT2D eigenvalue weighted by Crippen LogP contribution is -2.25. The molecule has 0 saturated heterocycles. The van der Waals surface area contributed by atoms with Gasteiger partial charge in [-0.1, -0.05) is 11.6 Å². The van der Waals surface area contributed by atoms with E-state index in [9.17, 15) is 4.79 Å². The number of nitrogens with one attached hydrogen (secondary N) is 1. The monoisotopic (exact) mass is 279 g/mol. The first-order chi connectivity index (χ1) is 9.16. The summed E-state index contributed by atoms with van der Waals surface area (Å²) in [7, 11) is 0. The number of halogens is 1. The van der Waals surface area contributed by atoms with Gasteiger partial charge in [-0.3, -0.25) is 4.79 Å². The van der Waals surface area contributed by atoms with Gasteiger partial charge in [0.1, 0.15) is 5.82 Å². The van der Waals surface area contributed by atoms with Crippen molar-refractivity contribution in [1.82, 2.24) is 19.9 Å². The summed E-state index contributed by atoms with van der Waals surface area (Å²) in [5.74, 6) is 0.0124. The number of hydrogen-bond donors (Lipinski definition) is 2. The van der Waals surface area contributed by atoms with Gasteiger partial charge in [-0.05, 0) is 12.5 Å². The van der Waals surface area contributed by atoms with Crippen LogP contribution in [-0.2, 0) is 6.54 Å². The van der Waals surface area contributed by atoms with Crippen LogP contribution < -0.4 is 11.1 Å². The molecule has 2 rings (SSSR count). The van der Waals surface area contributed by atoms with E-state index in [0.29, 0.717) is 12.1 Å². The first-order valence-electron chi connectivity index (χ1n) is 5.82. The number of hydrogen-bond acceptors (Lipinski definition) is 4. The van der Waals surface area contributed by atoms with Gasteiger partial charge < -0.3 is 15.6 Å². The average Bonchev–Trinajstić information content (AvgIpc) is 2.91. The van der Waals surface area contributed by atoms with E-state index in [1.165, 1.54) is 12.3 Å². The zero-order chi connectivity index (χ0) is 13.7. The van der Waals surface area contributed by atoms with E-state index in [1.54, 1.807) is 12.5 Å². The maximum atomic E-state index is 11.8. The number of amides is 1. The van der Waals surface area contributed by atoms with Crippen molar-refractivity contribution in [2.75, 3.05) is 12.3 Å². The fraction of sp³-hybridized carbons (Fsp3) is 0.250. The summed E-state index contributed by atoms with van der Waals surface area (Å²) in [5.41, 5.74) is 5.89. The van der Waals surface area contributed by atoms with Crippen molar-refractivity contribution in [1.29, 1.82) is 0 Å². The molecule has 100 valence electrons. The van der Waals surface area contributed by atoms with Crippen LogP contribution in [0.2, 0.25) is 5.02 Å². The van der Waals surface area contributed by atoms with E-state index in [4.69, 9.17) is 17.3 Å². The molecule has 6 nitrogen and oxygen atoms in total. The molecule has 1 amide bonds. The molecular formula is C12H14ClN5O. The first-order valence-corrected chi connectivity index (χ1v) is 6.19. The number of aromatic nitrogens is 3. The Labute approximate surface area is 115 Å². The number of nitrogens with two attached hydrogens (primary N) is 1. The highest BCUT2D eigenvalue weighted by Gasteiger charge is 2.07. The molecule has 0 aliphatic rings. The van der Waals surface area contributed by atoms with Gasteiger partial charge in [0.2, 0.25) is 0 Å². The van der Waals surface area contributed by atoms with Gasteiger partial charge in [-0.15, -0.1) is 0 Å². The van der Waals surface area contributed by atoms with Crippen LogP contribution in [0.3, 0.4) is 0 Å². The molecule has 0 aromatic carbocycles. The molecule has 0 unspecified atom stereocenters. The maximum Gasteiger partial charge on any atom is 0.252 e. The number of pyridine rings is 1. The Morgan fingerprint density at radius 2 is 2.37 bits per heavy atom. The van der Waals surface area contributed by atoms with Gasteiger partial charge in [0, 0.05) is 31.7 Å². The Balaban J connectivity index is 1.79. The molecular weight excluding hydrogens is 266 g/mol. The third-order valence-electron chi connectivity index (χ3n) is 2.57. The second-order valence-corrected chi connectivity index (χ2v) is 4.41. The summed E-state index contributed by atoms with van der Waals surface area (Å²) in [6, 6.07) is 1.51. The van der Waals surface area contributed by atoms with Crippen LogP contribution >= 0.6 is 11.6 Å². The number of nitrogen functional groups attached to an aromatic ring is 1. The smallest absolute Gasteiger partial charge is 0.252 e. The number of aryl methyl sites for hydroxylation is 1. The van der Waals surface area contributed by atoms with Crippen LogP contribution in [-0.4, -0.2) is 27.0 Å². The fourth-order valence-electron chi connectivity index (χ4n) is 1.56. The quantitative estimate of drug-likeness (QED) is 0.809. The first kappa shape index (κ1) is 13.4. The maximum absolute atomic E-state index is 11.8. The second-order valence-electron chi connectivity index (χ2n) is 4.00. The van der Waals surface area contributed by atoms with Crippen LogP contribution in [0.5, 0.6) is 0 Å². The minimum absolute atomic E-state index is 0.208. The lowest BCUT2D eigenvalue weighted by molar-refractivity contribution is 0.0952. The third kappa shape index (κ3) is 3.69. The minimum Gasteiger partial charge on any atom is -0.382 e. The van der Waals surface area contributed by atoms with Crippen molar-refractivity contribution in [3.05, 3.63) is 41.6 Å². The van der Waals surface area contributed by atoms with E-state index in [0.717, 1.165) is 13.0 Å². The van der Waals surface area contributed by atoms with Crippen molar-refractivity contribution in [2.45, 2.75) is 13.0 Å². The van der Waals surface area contributed by atoms with Gasteiger partial charge in [0.25, 0.3) is 5.91 Å². The molecule has 19 heavy (non-hydrogen) atoms. The number of carbonyl (C=O) groups is 1. The SMILES string of the molecule is Nc1ncc(C(=O)NCCCn2ccnc2)cc1Cl. The van der Waals surface area contributed by atoms with Crippen LogP contribution in [0.15, 0.2) is 31.0 Å². The molecule has 2 aromatic rings. The zero-order valence-electron chi connectivity index (χ0n) is 10.2. The third-order valence-corrected chi connectivity index (χ3v) is 2.87. The number of carbonyl (C=O) groups excluding carboxylic acids is 1. The molecule has 0 radical (unpaired) electrons. The van der Waals surface area contributed by atoms with Crippen molar-refractivity contribution in [3.8, 4) is 0 Å². The highest BCUT2D eigenvalue weighted by Crippen LogP contribution is 2.16. The zero-order valence-corrected chi connectivity index (χ0v) is 11.0. The molecule has 0 atom stereocenters. The predicted molar refractivity (Wildman–Crippen MR) is 72.8 cm³/mol. The molecule has 0 bridgehead atoms. The summed E-state index contributed by atoms with van der Waals surface area (Å²) in [5, 5.41) is 3.08. The highest BCUT2D eigenvalue weighted by atomic mass is 35.5. The van der Waals surface area contributed by atoms with E-state index in [2.05, 4.69) is 15.3 Å². The Morgan fingerprint density at radius 3 is 3.05 bits per heavy atom. The Kier molecular flexibility index (Phi) is 4.35. The van der Waals surface area contributed by atoms with E-state index < -0.39 is 0 Å². The van der Waals surface area contributed by atoms with Gasteiger partial charge in [-0.2, -0.15) is 0 Å². The molecule has 0 saturated carbocycles. The molecule has 0 aliphatic heterocycles. The van der Waals surface area contributed by atoms with Crippen LogP contribution in [0.4, 0.5) is 5.82 Å². The van der Waals surface area contributed by atoms with E-state index in [1.807, 2.05) is 10.8 Å². The van der Waals surface area contributed by atoms with Crippen molar-refractivity contribution in [2.24, 2.45) is 0 Å². The average molecular weight is 280 g/mol. The van der Waals surface area contributed by atoms with Crippen LogP contribution in [0, 0.1) is 0 Å². The number of imidazole rings is 1. The van der Waals surface area contributed by atoms with Crippen molar-refractivity contribution >= 4 is 23.3 Å². The minimum atomic E-state index is -0.208. The summed E-state index contributed by atoms with van der Waals surface area (Å²) in [6.07, 6.45) is 7.57. The van der Waals surface area contributed by atoms with Crippen molar-refractivity contribution < 1.29 is 4.79 Å². The second kappa shape index (κ2) is 6.19. The lowest BCUT2D eigenvalue weighted by atomic mass is 10.2. The van der Waals surface area contributed by atoms with Crippen LogP contribution in [0.1, 0.15) is 16.8 Å². The predicted octanol–water partition coefficient (Wildman–Crippen LogP) is 1.33. The standard InChI is InChI=1S/C12H14ClN5O/c13-10-6-9(7-17-11(10)14)12(19)16-2-1-4-18-5-3-15-8-18/h3,5-8H,1-2,4H2,(H2,14,17)(H,16,19). The Morgan fingerprint density at radius 1 is 1.53 bits per heavy atom.